The standard InChI is InChI=1S/C33H35N5O3/c1-8-36(9-2)26-18-21(4)29(22(5)19-26)34-30-23(6)28-31(35-38(32(28)39)24-13-11-10-12-14-24)37(33(30)40)25-15-16-27(41-7)20(3)17-25/h10-19,35H,6,8-9H2,1-5,7H3. The first-order valence-corrected chi connectivity index (χ1v) is 13.7. The van der Waals surface area contributed by atoms with Crippen molar-refractivity contribution < 1.29 is 9.53 Å². The Hall–Kier alpha value is -4.85. The van der Waals surface area contributed by atoms with Crippen LogP contribution in [0.25, 0.3) is 11.3 Å². The van der Waals surface area contributed by atoms with Crippen LogP contribution in [0.5, 0.6) is 5.75 Å². The Morgan fingerprint density at radius 2 is 1.56 bits per heavy atom. The molecule has 0 aliphatic carbocycles. The predicted octanol–water partition coefficient (Wildman–Crippen LogP) is 6.41. The molecule has 8 heteroatoms. The molecule has 0 bridgehead atoms. The van der Waals surface area contributed by atoms with Crippen LogP contribution >= 0.6 is 0 Å². The molecule has 0 atom stereocenters. The number of methoxy groups -OCH3 is 1. The van der Waals surface area contributed by atoms with Gasteiger partial charge < -0.3 is 9.64 Å². The quantitative estimate of drug-likeness (QED) is 0.289. The number of aromatic amines is 1. The zero-order valence-corrected chi connectivity index (χ0v) is 24.4. The van der Waals surface area contributed by atoms with E-state index in [1.54, 1.807) is 13.2 Å². The van der Waals surface area contributed by atoms with Crippen molar-refractivity contribution in [3.05, 3.63) is 99.9 Å². The number of aryl methyl sites for hydroxylation is 3. The highest BCUT2D eigenvalue weighted by molar-refractivity contribution is 6.61. The fourth-order valence-corrected chi connectivity index (χ4v) is 5.43. The largest absolute Gasteiger partial charge is 0.496 e. The second-order valence-electron chi connectivity index (χ2n) is 10.1. The van der Waals surface area contributed by atoms with Gasteiger partial charge in [0.25, 0.3) is 11.5 Å². The van der Waals surface area contributed by atoms with Gasteiger partial charge in [0.05, 0.1) is 29.7 Å². The van der Waals surface area contributed by atoms with Crippen LogP contribution in [-0.2, 0) is 4.79 Å². The maximum Gasteiger partial charge on any atom is 0.283 e. The van der Waals surface area contributed by atoms with Gasteiger partial charge in [0.1, 0.15) is 17.3 Å². The number of hydrogen-bond acceptors (Lipinski definition) is 5. The minimum Gasteiger partial charge on any atom is -0.496 e. The van der Waals surface area contributed by atoms with Crippen molar-refractivity contribution in [2.75, 3.05) is 30.0 Å². The lowest BCUT2D eigenvalue weighted by Gasteiger charge is -2.29. The number of carbonyl (C=O) groups is 1. The molecule has 1 aliphatic rings. The third-order valence-electron chi connectivity index (χ3n) is 7.57. The van der Waals surface area contributed by atoms with Gasteiger partial charge in [-0.15, -0.1) is 0 Å². The van der Waals surface area contributed by atoms with E-state index in [9.17, 15) is 9.59 Å². The summed E-state index contributed by atoms with van der Waals surface area (Å²) in [7, 11) is 1.61. The van der Waals surface area contributed by atoms with Crippen LogP contribution in [0.1, 0.15) is 36.1 Å². The lowest BCUT2D eigenvalue weighted by Crippen LogP contribution is -2.39. The summed E-state index contributed by atoms with van der Waals surface area (Å²) in [5, 5.41) is 3.17. The van der Waals surface area contributed by atoms with E-state index < -0.39 is 0 Å². The number of hydrogen-bond donors (Lipinski definition) is 1. The summed E-state index contributed by atoms with van der Waals surface area (Å²) in [6.45, 7) is 16.1. The molecule has 5 rings (SSSR count). The maximum absolute atomic E-state index is 14.3. The number of carbonyl (C=O) groups excluding carboxylic acids is 1. The summed E-state index contributed by atoms with van der Waals surface area (Å²) in [4.78, 5) is 36.8. The van der Waals surface area contributed by atoms with Crippen molar-refractivity contribution in [3.63, 3.8) is 0 Å². The average Bonchev–Trinajstić information content (AvgIpc) is 3.30. The number of para-hydroxylation sites is 1. The summed E-state index contributed by atoms with van der Waals surface area (Å²) >= 11 is 0. The van der Waals surface area contributed by atoms with Gasteiger partial charge in [-0.3, -0.25) is 19.6 Å². The van der Waals surface area contributed by atoms with E-state index in [2.05, 4.69) is 42.6 Å². The number of aliphatic imine (C=N–C) groups is 1. The van der Waals surface area contributed by atoms with Gasteiger partial charge in [0.15, 0.2) is 0 Å². The minimum atomic E-state index is -0.375. The number of benzene rings is 3. The molecule has 1 aliphatic heterocycles. The number of nitrogens with one attached hydrogen (secondary N) is 1. The number of fused-ring (bicyclic) bond motifs is 1. The molecule has 0 unspecified atom stereocenters. The summed E-state index contributed by atoms with van der Waals surface area (Å²) in [5.41, 5.74) is 6.17. The molecule has 0 radical (unpaired) electrons. The average molecular weight is 550 g/mol. The Bertz CT molecular complexity index is 1720. The molecule has 0 saturated carbocycles. The van der Waals surface area contributed by atoms with Crippen molar-refractivity contribution in [2.24, 2.45) is 4.99 Å². The lowest BCUT2D eigenvalue weighted by atomic mass is 9.97. The van der Waals surface area contributed by atoms with Crippen LogP contribution in [0.2, 0.25) is 0 Å². The van der Waals surface area contributed by atoms with Crippen LogP contribution in [0.4, 0.5) is 22.9 Å². The SMILES string of the molecule is C=C1C(=Nc2c(C)cc(N(CC)CC)cc2C)C(=O)N(c2ccc(OC)c(C)c2)c2[nH]n(-c3ccccc3)c(=O)c21. The first kappa shape index (κ1) is 27.7. The van der Waals surface area contributed by atoms with Crippen molar-refractivity contribution >= 4 is 40.1 Å². The van der Waals surface area contributed by atoms with E-state index in [1.807, 2.05) is 63.2 Å². The van der Waals surface area contributed by atoms with Gasteiger partial charge in [-0.25, -0.2) is 9.67 Å². The van der Waals surface area contributed by atoms with Crippen LogP contribution in [0, 0.1) is 20.8 Å². The van der Waals surface area contributed by atoms with Crippen LogP contribution < -0.4 is 20.1 Å². The molecular formula is C33H35N5O3. The van der Waals surface area contributed by atoms with Crippen molar-refractivity contribution in [1.29, 1.82) is 0 Å². The number of anilines is 3. The van der Waals surface area contributed by atoms with Gasteiger partial charge in [0, 0.05) is 24.4 Å². The number of nitrogens with zero attached hydrogens (tertiary/aromatic N) is 4. The van der Waals surface area contributed by atoms with Gasteiger partial charge in [-0.2, -0.15) is 0 Å². The molecule has 8 nitrogen and oxygen atoms in total. The van der Waals surface area contributed by atoms with E-state index >= 15 is 0 Å². The Morgan fingerprint density at radius 1 is 0.902 bits per heavy atom. The molecule has 210 valence electrons. The molecule has 0 saturated heterocycles. The number of amides is 1. The zero-order chi connectivity index (χ0) is 29.4. The number of ether oxygens (including phenoxy) is 1. The summed E-state index contributed by atoms with van der Waals surface area (Å²) in [6.07, 6.45) is 0. The maximum atomic E-state index is 14.3. The predicted molar refractivity (Wildman–Crippen MR) is 167 cm³/mol. The topological polar surface area (TPSA) is 82.9 Å². The fourth-order valence-electron chi connectivity index (χ4n) is 5.43. The monoisotopic (exact) mass is 549 g/mol. The third-order valence-corrected chi connectivity index (χ3v) is 7.57. The summed E-state index contributed by atoms with van der Waals surface area (Å²) in [6, 6.07) is 18.9. The molecule has 1 N–H and O–H groups in total. The molecule has 0 spiro atoms. The van der Waals surface area contributed by atoms with Crippen molar-refractivity contribution in [3.8, 4) is 11.4 Å². The summed E-state index contributed by atoms with van der Waals surface area (Å²) in [5.74, 6) is 0.675. The van der Waals surface area contributed by atoms with Crippen LogP contribution in [0.3, 0.4) is 0 Å². The van der Waals surface area contributed by atoms with Gasteiger partial charge in [-0.05, 0) is 93.8 Å². The van der Waals surface area contributed by atoms with Gasteiger partial charge in [0.2, 0.25) is 0 Å². The highest BCUT2D eigenvalue weighted by Gasteiger charge is 2.38. The zero-order valence-electron chi connectivity index (χ0n) is 24.4. The first-order valence-electron chi connectivity index (χ1n) is 13.7. The molecule has 0 fully saturated rings. The lowest BCUT2D eigenvalue weighted by molar-refractivity contribution is -0.111. The molecular weight excluding hydrogens is 514 g/mol. The van der Waals surface area contributed by atoms with E-state index in [1.165, 1.54) is 9.58 Å². The first-order chi connectivity index (χ1) is 19.7. The second kappa shape index (κ2) is 11.0. The minimum absolute atomic E-state index is 0.129. The highest BCUT2D eigenvalue weighted by atomic mass is 16.5. The number of H-pyrrole nitrogens is 1. The second-order valence-corrected chi connectivity index (χ2v) is 10.1. The Balaban J connectivity index is 1.73. The number of rotatable bonds is 7. The van der Waals surface area contributed by atoms with Crippen molar-refractivity contribution in [2.45, 2.75) is 34.6 Å². The third kappa shape index (κ3) is 4.75. The van der Waals surface area contributed by atoms with E-state index in [4.69, 9.17) is 9.73 Å². The van der Waals surface area contributed by atoms with Crippen molar-refractivity contribution in [1.82, 2.24) is 9.78 Å². The molecule has 1 aromatic heterocycles. The Labute approximate surface area is 240 Å². The molecule has 3 aromatic carbocycles. The summed E-state index contributed by atoms with van der Waals surface area (Å²) < 4.78 is 6.88. The Morgan fingerprint density at radius 3 is 2.15 bits per heavy atom. The molecule has 41 heavy (non-hydrogen) atoms. The number of aromatic nitrogens is 2. The van der Waals surface area contributed by atoms with Gasteiger partial charge in [-0.1, -0.05) is 24.8 Å². The molecule has 1 amide bonds. The normalized spacial score (nSPS) is 14.0. The van der Waals surface area contributed by atoms with Gasteiger partial charge >= 0.3 is 0 Å². The Kier molecular flexibility index (Phi) is 7.41. The molecule has 2 heterocycles. The molecule has 4 aromatic rings. The highest BCUT2D eigenvalue weighted by Crippen LogP contribution is 2.39. The fraction of sp³-hybridized carbons (Fsp3) is 0.242. The van der Waals surface area contributed by atoms with Crippen LogP contribution in [0.15, 0.2) is 77.0 Å². The van der Waals surface area contributed by atoms with Crippen LogP contribution in [-0.4, -0.2) is 41.6 Å². The van der Waals surface area contributed by atoms with E-state index in [-0.39, 0.29) is 22.8 Å². The van der Waals surface area contributed by atoms with E-state index in [0.29, 0.717) is 34.2 Å². The smallest absolute Gasteiger partial charge is 0.283 e. The van der Waals surface area contributed by atoms with E-state index in [0.717, 1.165) is 35.5 Å².